The fourth-order valence-electron chi connectivity index (χ4n) is 1.82. The normalized spacial score (nSPS) is 11.0. The third kappa shape index (κ3) is 3.06. The monoisotopic (exact) mass is 310 g/mol. The summed E-state index contributed by atoms with van der Waals surface area (Å²) < 4.78 is 43.3. The van der Waals surface area contributed by atoms with Gasteiger partial charge in [0.1, 0.15) is 22.2 Å². The van der Waals surface area contributed by atoms with Gasteiger partial charge in [0.25, 0.3) is 0 Å². The summed E-state index contributed by atoms with van der Waals surface area (Å²) in [6, 6.07) is 9.07. The Morgan fingerprint density at radius 3 is 2.33 bits per heavy atom. The Morgan fingerprint density at radius 1 is 1.24 bits per heavy atom. The van der Waals surface area contributed by atoms with Crippen LogP contribution in [0, 0.1) is 16.0 Å². The summed E-state index contributed by atoms with van der Waals surface area (Å²) in [6.45, 7) is 0. The van der Waals surface area contributed by atoms with Crippen molar-refractivity contribution in [1.82, 2.24) is 4.98 Å². The molecule has 0 fully saturated rings. The summed E-state index contributed by atoms with van der Waals surface area (Å²) in [5.74, 6) is 0.564. The topological polar surface area (TPSA) is 48.8 Å². The van der Waals surface area contributed by atoms with E-state index in [1.165, 1.54) is 7.11 Å². The van der Waals surface area contributed by atoms with Crippen molar-refractivity contribution in [2.45, 2.75) is 6.18 Å². The molecule has 2 rings (SSSR count). The molecule has 0 aliphatic rings. The highest BCUT2D eigenvalue weighted by Gasteiger charge is 2.32. The molecule has 1 aromatic carbocycles. The van der Waals surface area contributed by atoms with E-state index in [1.54, 1.807) is 24.3 Å². The van der Waals surface area contributed by atoms with Crippen molar-refractivity contribution >= 4 is 12.2 Å². The van der Waals surface area contributed by atoms with Crippen LogP contribution >= 0.6 is 12.2 Å². The number of rotatable bonds is 2. The van der Waals surface area contributed by atoms with Crippen LogP contribution in [-0.4, -0.2) is 12.1 Å². The molecule has 0 saturated heterocycles. The van der Waals surface area contributed by atoms with Crippen LogP contribution in [0.25, 0.3) is 11.1 Å². The van der Waals surface area contributed by atoms with Gasteiger partial charge in [0.2, 0.25) is 0 Å². The Morgan fingerprint density at radius 2 is 1.86 bits per heavy atom. The number of methoxy groups -OCH3 is 1. The Bertz CT molecular complexity index is 758. The number of hydrogen-bond acceptors (Lipinski definition) is 3. The van der Waals surface area contributed by atoms with Crippen LogP contribution in [0.15, 0.2) is 30.3 Å². The summed E-state index contributed by atoms with van der Waals surface area (Å²) in [5, 5.41) is 9.11. The van der Waals surface area contributed by atoms with E-state index >= 15 is 0 Å². The quantitative estimate of drug-likeness (QED) is 0.841. The molecular formula is C14H9F3N2OS. The predicted octanol–water partition coefficient (Wildman–Crippen LogP) is 4.31. The molecule has 0 unspecified atom stereocenters. The molecule has 0 atom stereocenters. The summed E-state index contributed by atoms with van der Waals surface area (Å²) in [7, 11) is 1.48. The number of aromatic nitrogens is 1. The van der Waals surface area contributed by atoms with E-state index in [9.17, 15) is 13.2 Å². The minimum absolute atomic E-state index is 0.00293. The van der Waals surface area contributed by atoms with Gasteiger partial charge in [-0.3, -0.25) is 0 Å². The van der Waals surface area contributed by atoms with Gasteiger partial charge in [-0.05, 0) is 23.8 Å². The summed E-state index contributed by atoms with van der Waals surface area (Å²) >= 11 is 4.84. The number of pyridine rings is 1. The molecule has 108 valence electrons. The van der Waals surface area contributed by atoms with Crippen molar-refractivity contribution in [1.29, 1.82) is 5.26 Å². The van der Waals surface area contributed by atoms with Crippen LogP contribution in [0.3, 0.4) is 0 Å². The van der Waals surface area contributed by atoms with Crippen LogP contribution in [-0.2, 0) is 6.18 Å². The van der Waals surface area contributed by atoms with E-state index in [1.807, 2.05) is 11.1 Å². The van der Waals surface area contributed by atoms with Crippen molar-refractivity contribution in [3.8, 4) is 22.9 Å². The minimum atomic E-state index is -4.57. The Kier molecular flexibility index (Phi) is 4.00. The average Bonchev–Trinajstić information content (AvgIpc) is 2.45. The summed E-state index contributed by atoms with van der Waals surface area (Å²) in [5.41, 5.74) is -0.394. The van der Waals surface area contributed by atoms with E-state index in [4.69, 9.17) is 22.2 Å². The fraction of sp³-hybridized carbons (Fsp3) is 0.143. The number of ether oxygens (including phenoxy) is 1. The number of hydrogen-bond donors (Lipinski definition) is 1. The zero-order valence-electron chi connectivity index (χ0n) is 10.8. The van der Waals surface area contributed by atoms with E-state index in [2.05, 4.69) is 0 Å². The molecule has 2 aromatic rings. The standard InChI is InChI=1S/C14H9F3N2OS/c1-20-9-4-2-8(3-5-9)10-6-12(14(15,16)17)19-13(21)11(10)7-18/h2-6H,1H3,(H,19,21). The van der Waals surface area contributed by atoms with Gasteiger partial charge in [-0.15, -0.1) is 0 Å². The maximum absolute atomic E-state index is 12.8. The van der Waals surface area contributed by atoms with Gasteiger partial charge in [0.05, 0.1) is 12.7 Å². The van der Waals surface area contributed by atoms with Crippen LogP contribution < -0.4 is 4.74 Å². The lowest BCUT2D eigenvalue weighted by atomic mass is 10.0. The fourth-order valence-corrected chi connectivity index (χ4v) is 2.09. The largest absolute Gasteiger partial charge is 0.497 e. The molecule has 3 nitrogen and oxygen atoms in total. The molecule has 21 heavy (non-hydrogen) atoms. The van der Waals surface area contributed by atoms with Crippen LogP contribution in [0.4, 0.5) is 13.2 Å². The highest BCUT2D eigenvalue weighted by molar-refractivity contribution is 7.71. The van der Waals surface area contributed by atoms with Crippen molar-refractivity contribution in [2.75, 3.05) is 7.11 Å². The Hall–Kier alpha value is -2.33. The number of alkyl halides is 3. The Labute approximate surface area is 123 Å². The maximum Gasteiger partial charge on any atom is 0.431 e. The second-order valence-electron chi connectivity index (χ2n) is 4.14. The van der Waals surface area contributed by atoms with Crippen LogP contribution in [0.1, 0.15) is 11.3 Å². The lowest BCUT2D eigenvalue weighted by Crippen LogP contribution is -2.09. The molecule has 0 saturated carbocycles. The highest BCUT2D eigenvalue weighted by atomic mass is 32.1. The van der Waals surface area contributed by atoms with Gasteiger partial charge in [-0.25, -0.2) is 0 Å². The zero-order chi connectivity index (χ0) is 15.6. The van der Waals surface area contributed by atoms with Crippen molar-refractivity contribution in [2.24, 2.45) is 0 Å². The first-order valence-corrected chi connectivity index (χ1v) is 6.16. The maximum atomic E-state index is 12.8. The lowest BCUT2D eigenvalue weighted by Gasteiger charge is -2.11. The van der Waals surface area contributed by atoms with E-state index in [-0.39, 0.29) is 15.8 Å². The number of H-pyrrole nitrogens is 1. The first-order chi connectivity index (χ1) is 9.86. The number of aromatic amines is 1. The zero-order valence-corrected chi connectivity index (χ0v) is 11.6. The van der Waals surface area contributed by atoms with Crippen LogP contribution in [0.2, 0.25) is 0 Å². The second kappa shape index (κ2) is 5.58. The number of nitrogens with zero attached hydrogens (tertiary/aromatic N) is 1. The third-order valence-corrected chi connectivity index (χ3v) is 3.16. The molecule has 0 aliphatic carbocycles. The predicted molar refractivity (Wildman–Crippen MR) is 73.3 cm³/mol. The lowest BCUT2D eigenvalue weighted by molar-refractivity contribution is -0.141. The van der Waals surface area contributed by atoms with E-state index in [0.29, 0.717) is 11.3 Å². The summed E-state index contributed by atoms with van der Waals surface area (Å²) in [6.07, 6.45) is -4.57. The van der Waals surface area contributed by atoms with Gasteiger partial charge < -0.3 is 9.72 Å². The van der Waals surface area contributed by atoms with Gasteiger partial charge in [-0.1, -0.05) is 24.4 Å². The second-order valence-corrected chi connectivity index (χ2v) is 4.55. The van der Waals surface area contributed by atoms with Gasteiger partial charge in [0.15, 0.2) is 0 Å². The molecule has 0 amide bonds. The Balaban J connectivity index is 2.68. The molecular weight excluding hydrogens is 301 g/mol. The van der Waals surface area contributed by atoms with E-state index < -0.39 is 11.9 Å². The first-order valence-electron chi connectivity index (χ1n) is 5.76. The number of nitrogens with one attached hydrogen (secondary N) is 1. The molecule has 1 N–H and O–H groups in total. The van der Waals surface area contributed by atoms with Gasteiger partial charge in [0, 0.05) is 5.56 Å². The van der Waals surface area contributed by atoms with Crippen molar-refractivity contribution in [3.63, 3.8) is 0 Å². The van der Waals surface area contributed by atoms with E-state index in [0.717, 1.165) is 6.07 Å². The van der Waals surface area contributed by atoms with Crippen molar-refractivity contribution < 1.29 is 17.9 Å². The minimum Gasteiger partial charge on any atom is -0.497 e. The summed E-state index contributed by atoms with van der Waals surface area (Å²) in [4.78, 5) is 2.04. The first kappa shape index (κ1) is 15.1. The molecule has 0 bridgehead atoms. The number of benzene rings is 1. The number of nitriles is 1. The van der Waals surface area contributed by atoms with Gasteiger partial charge in [-0.2, -0.15) is 18.4 Å². The van der Waals surface area contributed by atoms with Crippen LogP contribution in [0.5, 0.6) is 5.75 Å². The highest BCUT2D eigenvalue weighted by Crippen LogP contribution is 2.33. The third-order valence-electron chi connectivity index (χ3n) is 2.85. The molecule has 0 spiro atoms. The SMILES string of the molecule is COc1ccc(-c2cc(C(F)(F)F)[nH]c(=S)c2C#N)cc1. The molecule has 1 aromatic heterocycles. The number of halogens is 3. The average molecular weight is 310 g/mol. The van der Waals surface area contributed by atoms with Crippen molar-refractivity contribution in [3.05, 3.63) is 46.2 Å². The smallest absolute Gasteiger partial charge is 0.431 e. The molecule has 0 aliphatic heterocycles. The molecule has 1 heterocycles. The molecule has 7 heteroatoms. The van der Waals surface area contributed by atoms with Gasteiger partial charge >= 0.3 is 6.18 Å². The molecule has 0 radical (unpaired) electrons.